The summed E-state index contributed by atoms with van der Waals surface area (Å²) in [6.45, 7) is 2.50. The lowest BCUT2D eigenvalue weighted by Crippen LogP contribution is -2.08. The molecule has 0 spiro atoms. The van der Waals surface area contributed by atoms with E-state index < -0.39 is 0 Å². The Hall–Kier alpha value is -2.88. The maximum Gasteiger partial charge on any atom is 0.191 e. The number of aromatic nitrogens is 3. The lowest BCUT2D eigenvalue weighted by atomic mass is 10.2. The third-order valence-electron chi connectivity index (χ3n) is 4.59. The van der Waals surface area contributed by atoms with Crippen LogP contribution < -0.4 is 15.8 Å². The number of para-hydroxylation sites is 1. The van der Waals surface area contributed by atoms with Gasteiger partial charge < -0.3 is 20.9 Å². The molecule has 2 heterocycles. The van der Waals surface area contributed by atoms with Crippen molar-refractivity contribution in [1.82, 2.24) is 15.0 Å². The average molecular weight is 468 g/mol. The van der Waals surface area contributed by atoms with Gasteiger partial charge in [0.15, 0.2) is 21.8 Å². The molecule has 0 aliphatic carbocycles. The van der Waals surface area contributed by atoms with Gasteiger partial charge in [-0.3, -0.25) is 0 Å². The van der Waals surface area contributed by atoms with Crippen molar-refractivity contribution in [1.29, 1.82) is 0 Å². The molecule has 7 nitrogen and oxygen atoms in total. The van der Waals surface area contributed by atoms with Gasteiger partial charge in [-0.1, -0.05) is 53.4 Å². The second kappa shape index (κ2) is 10.6. The van der Waals surface area contributed by atoms with Gasteiger partial charge in [-0.2, -0.15) is 0 Å². The number of hydrogen-bond acceptors (Lipinski definition) is 9. The maximum atomic E-state index is 9.46. The topological polar surface area (TPSA) is 106 Å². The van der Waals surface area contributed by atoms with Crippen LogP contribution in [0.15, 0.2) is 59.8 Å². The summed E-state index contributed by atoms with van der Waals surface area (Å²) < 4.78 is 6.78. The van der Waals surface area contributed by atoms with Gasteiger partial charge in [0.05, 0.1) is 6.10 Å². The van der Waals surface area contributed by atoms with E-state index in [9.17, 15) is 5.11 Å². The van der Waals surface area contributed by atoms with Crippen LogP contribution in [0.3, 0.4) is 0 Å². The Labute approximate surface area is 195 Å². The van der Waals surface area contributed by atoms with E-state index in [0.29, 0.717) is 28.2 Å². The highest BCUT2D eigenvalue weighted by Crippen LogP contribution is 2.32. The van der Waals surface area contributed by atoms with E-state index in [4.69, 9.17) is 15.5 Å². The zero-order valence-corrected chi connectivity index (χ0v) is 19.3. The number of thiazole rings is 1. The summed E-state index contributed by atoms with van der Waals surface area (Å²) in [7, 11) is 0. The minimum absolute atomic E-state index is 0.311. The molecule has 0 amide bonds. The second-order valence-electron chi connectivity index (χ2n) is 7.33. The molecule has 0 radical (unpaired) electrons. The second-order valence-corrected chi connectivity index (χ2v) is 9.30. The number of thioether (sulfide) groups is 1. The lowest BCUT2D eigenvalue weighted by molar-refractivity contribution is 0.183. The number of ether oxygens (including phenoxy) is 1. The van der Waals surface area contributed by atoms with E-state index in [1.54, 1.807) is 6.92 Å². The van der Waals surface area contributed by atoms with Crippen LogP contribution in [-0.2, 0) is 5.75 Å². The zero-order valence-electron chi connectivity index (χ0n) is 17.7. The molecule has 9 heteroatoms. The van der Waals surface area contributed by atoms with Gasteiger partial charge in [-0.15, -0.1) is 0 Å². The number of anilines is 2. The molecule has 4 rings (SSSR count). The summed E-state index contributed by atoms with van der Waals surface area (Å²) in [4.78, 5) is 13.6. The number of hydrogen-bond donors (Lipinski definition) is 3. The summed E-state index contributed by atoms with van der Waals surface area (Å²) in [5, 5.41) is 13.9. The molecular formula is C23H25N5O2S2. The molecule has 1 unspecified atom stereocenters. The van der Waals surface area contributed by atoms with E-state index in [0.717, 1.165) is 40.4 Å². The normalized spacial score (nSPS) is 12.1. The van der Waals surface area contributed by atoms with E-state index >= 15 is 0 Å². The molecule has 4 aromatic rings. The summed E-state index contributed by atoms with van der Waals surface area (Å²) in [5.41, 5.74) is 7.62. The van der Waals surface area contributed by atoms with Crippen LogP contribution in [0.25, 0.3) is 10.3 Å². The number of aliphatic hydroxyl groups is 1. The summed E-state index contributed by atoms with van der Waals surface area (Å²) in [5.74, 6) is 3.02. The smallest absolute Gasteiger partial charge is 0.191 e. The summed E-state index contributed by atoms with van der Waals surface area (Å²) in [6, 6.07) is 17.7. The van der Waals surface area contributed by atoms with E-state index in [1.807, 2.05) is 48.5 Å². The molecule has 166 valence electrons. The molecule has 2 aromatic carbocycles. The Morgan fingerprint density at radius 3 is 2.72 bits per heavy atom. The lowest BCUT2D eigenvalue weighted by Gasteiger charge is -2.09. The van der Waals surface area contributed by atoms with Gasteiger partial charge in [-0.25, -0.2) is 15.0 Å². The van der Waals surface area contributed by atoms with Gasteiger partial charge in [0.2, 0.25) is 0 Å². The minimum Gasteiger partial charge on any atom is -0.457 e. The number of aliphatic hydroxyl groups excluding tert-OH is 1. The number of nitrogens with zero attached hydrogens (tertiary/aromatic N) is 3. The molecule has 4 N–H and O–H groups in total. The third-order valence-corrected chi connectivity index (χ3v) is 6.39. The maximum absolute atomic E-state index is 9.46. The van der Waals surface area contributed by atoms with Crippen molar-refractivity contribution in [2.75, 3.05) is 17.6 Å². The standard InChI is InChI=1S/C23H25N5O2S2/c1-15(29)7-6-12-25-20-19-21(26-22(24)32-19)28-23(27-20)31-14-16-8-5-11-18(13-16)30-17-9-3-2-4-10-17/h2-5,8-11,13,15,29H,6-7,12,14H2,1H3,(H3,24,25,26,27,28). The molecular weight excluding hydrogens is 442 g/mol. The first-order chi connectivity index (χ1) is 15.6. The van der Waals surface area contributed by atoms with E-state index in [1.165, 1.54) is 23.1 Å². The first-order valence-electron chi connectivity index (χ1n) is 10.4. The van der Waals surface area contributed by atoms with Crippen molar-refractivity contribution >= 4 is 44.4 Å². The third kappa shape index (κ3) is 6.09. The molecule has 0 saturated heterocycles. The number of benzene rings is 2. The van der Waals surface area contributed by atoms with Crippen LogP contribution in [0, 0.1) is 0 Å². The van der Waals surface area contributed by atoms with Crippen LogP contribution in [0.4, 0.5) is 10.9 Å². The summed E-state index contributed by atoms with van der Waals surface area (Å²) in [6.07, 6.45) is 1.26. The fourth-order valence-corrected chi connectivity index (χ4v) is 4.60. The SMILES string of the molecule is CC(O)CCCNc1nc(SCc2cccc(Oc3ccccc3)c2)nc2nc(N)sc12. The van der Waals surface area contributed by atoms with Gasteiger partial charge in [0.1, 0.15) is 16.2 Å². The predicted octanol–water partition coefficient (Wildman–Crippen LogP) is 5.33. The number of nitrogens with two attached hydrogens (primary N) is 1. The number of nitrogen functional groups attached to an aromatic ring is 1. The van der Waals surface area contributed by atoms with Crippen molar-refractivity contribution in [3.8, 4) is 11.5 Å². The zero-order chi connectivity index (χ0) is 22.3. The monoisotopic (exact) mass is 467 g/mol. The van der Waals surface area contributed by atoms with Gasteiger partial charge >= 0.3 is 0 Å². The highest BCUT2D eigenvalue weighted by molar-refractivity contribution is 7.98. The molecule has 0 aliphatic rings. The minimum atomic E-state index is -0.311. The first kappa shape index (κ1) is 22.3. The number of fused-ring (bicyclic) bond motifs is 1. The quantitative estimate of drug-likeness (QED) is 0.163. The number of rotatable bonds is 10. The van der Waals surface area contributed by atoms with Gasteiger partial charge in [0.25, 0.3) is 0 Å². The largest absolute Gasteiger partial charge is 0.457 e. The molecule has 32 heavy (non-hydrogen) atoms. The Morgan fingerprint density at radius 2 is 1.91 bits per heavy atom. The van der Waals surface area contributed by atoms with Crippen molar-refractivity contribution in [3.05, 3.63) is 60.2 Å². The molecule has 1 atom stereocenters. The fraction of sp³-hybridized carbons (Fsp3) is 0.261. The average Bonchev–Trinajstić information content (AvgIpc) is 3.16. The Morgan fingerprint density at radius 1 is 1.09 bits per heavy atom. The van der Waals surface area contributed by atoms with Crippen LogP contribution >= 0.6 is 23.1 Å². The van der Waals surface area contributed by atoms with Crippen molar-refractivity contribution in [3.63, 3.8) is 0 Å². The van der Waals surface area contributed by atoms with Crippen LogP contribution in [-0.4, -0.2) is 32.7 Å². The first-order valence-corrected chi connectivity index (χ1v) is 12.2. The predicted molar refractivity (Wildman–Crippen MR) is 132 cm³/mol. The molecule has 2 aromatic heterocycles. The Balaban J connectivity index is 1.45. The van der Waals surface area contributed by atoms with Crippen LogP contribution in [0.2, 0.25) is 0 Å². The molecule has 0 bridgehead atoms. The highest BCUT2D eigenvalue weighted by Gasteiger charge is 2.13. The molecule has 0 saturated carbocycles. The van der Waals surface area contributed by atoms with Crippen LogP contribution in [0.1, 0.15) is 25.3 Å². The number of nitrogens with one attached hydrogen (secondary N) is 1. The highest BCUT2D eigenvalue weighted by atomic mass is 32.2. The van der Waals surface area contributed by atoms with Crippen molar-refractivity contribution in [2.24, 2.45) is 0 Å². The molecule has 0 fully saturated rings. The summed E-state index contributed by atoms with van der Waals surface area (Å²) >= 11 is 2.91. The Bertz CT molecular complexity index is 1170. The van der Waals surface area contributed by atoms with Gasteiger partial charge in [-0.05, 0) is 49.6 Å². The van der Waals surface area contributed by atoms with Crippen LogP contribution in [0.5, 0.6) is 11.5 Å². The van der Waals surface area contributed by atoms with E-state index in [-0.39, 0.29) is 6.10 Å². The van der Waals surface area contributed by atoms with Gasteiger partial charge in [0, 0.05) is 12.3 Å². The van der Waals surface area contributed by atoms with E-state index in [2.05, 4.69) is 21.4 Å². The fourth-order valence-electron chi connectivity index (χ4n) is 3.08. The van der Waals surface area contributed by atoms with Crippen molar-refractivity contribution in [2.45, 2.75) is 36.8 Å². The molecule has 0 aliphatic heterocycles. The Kier molecular flexibility index (Phi) is 7.41. The van der Waals surface area contributed by atoms with Crippen molar-refractivity contribution < 1.29 is 9.84 Å².